The van der Waals surface area contributed by atoms with Crippen LogP contribution in [0.5, 0.6) is 0 Å². The molecule has 0 radical (unpaired) electrons. The molecule has 2 rings (SSSR count). The highest BCUT2D eigenvalue weighted by Crippen LogP contribution is 2.22. The molecule has 3 heteroatoms. The van der Waals surface area contributed by atoms with Crippen LogP contribution in [0.2, 0.25) is 0 Å². The Morgan fingerprint density at radius 3 is 2.50 bits per heavy atom. The van der Waals surface area contributed by atoms with E-state index in [1.54, 1.807) is 0 Å². The Morgan fingerprint density at radius 2 is 1.85 bits per heavy atom. The van der Waals surface area contributed by atoms with Gasteiger partial charge in [-0.3, -0.25) is 4.90 Å². The van der Waals surface area contributed by atoms with Gasteiger partial charge in [0.25, 0.3) is 0 Å². The summed E-state index contributed by atoms with van der Waals surface area (Å²) in [7, 11) is 0. The van der Waals surface area contributed by atoms with Crippen molar-refractivity contribution in [3.8, 4) is 0 Å². The van der Waals surface area contributed by atoms with Crippen LogP contribution in [0, 0.1) is 0 Å². The topological polar surface area (TPSA) is 32.7 Å². The molecule has 1 aliphatic heterocycles. The fourth-order valence-electron chi connectivity index (χ4n) is 3.02. The van der Waals surface area contributed by atoms with Gasteiger partial charge in [0.15, 0.2) is 0 Å². The van der Waals surface area contributed by atoms with Gasteiger partial charge in [0, 0.05) is 18.6 Å². The van der Waals surface area contributed by atoms with Crippen LogP contribution in [0.1, 0.15) is 38.7 Å². The lowest BCUT2D eigenvalue weighted by Crippen LogP contribution is -2.48. The Kier molecular flexibility index (Phi) is 6.02. The Balaban J connectivity index is 1.70. The fraction of sp³-hybridized carbons (Fsp3) is 0.647. The van der Waals surface area contributed by atoms with E-state index in [9.17, 15) is 5.11 Å². The van der Waals surface area contributed by atoms with Crippen molar-refractivity contribution in [1.29, 1.82) is 0 Å². The molecule has 1 fully saturated rings. The highest BCUT2D eigenvalue weighted by Gasteiger charge is 2.26. The summed E-state index contributed by atoms with van der Waals surface area (Å²) in [6, 6.07) is 11.2. The summed E-state index contributed by atoms with van der Waals surface area (Å²) in [4.78, 5) is 2.42. The molecule has 3 atom stereocenters. The van der Waals surface area contributed by atoms with E-state index in [1.165, 1.54) is 19.3 Å². The summed E-state index contributed by atoms with van der Waals surface area (Å²) >= 11 is 0. The lowest BCUT2D eigenvalue weighted by Gasteiger charge is -2.40. The van der Waals surface area contributed by atoms with E-state index in [4.69, 9.17) is 4.74 Å². The number of likely N-dealkylation sites (tertiary alicyclic amines) is 1. The van der Waals surface area contributed by atoms with Gasteiger partial charge < -0.3 is 9.84 Å². The van der Waals surface area contributed by atoms with Crippen molar-refractivity contribution in [1.82, 2.24) is 4.90 Å². The third-order valence-electron chi connectivity index (χ3n) is 4.22. The quantitative estimate of drug-likeness (QED) is 0.868. The zero-order valence-corrected chi connectivity index (χ0v) is 12.7. The summed E-state index contributed by atoms with van der Waals surface area (Å²) in [6.07, 6.45) is 3.38. The van der Waals surface area contributed by atoms with Gasteiger partial charge in [0.05, 0.1) is 19.3 Å². The molecule has 3 nitrogen and oxygen atoms in total. The maximum absolute atomic E-state index is 10.1. The zero-order chi connectivity index (χ0) is 14.4. The molecule has 1 N–H and O–H groups in total. The van der Waals surface area contributed by atoms with Crippen molar-refractivity contribution < 1.29 is 9.84 Å². The maximum Gasteiger partial charge on any atom is 0.0900 e. The fourth-order valence-corrected chi connectivity index (χ4v) is 3.02. The SMILES string of the molecule is C[C@@H]1CCC[C@H](C)N1C[C@@H](O)COCc1ccccc1. The van der Waals surface area contributed by atoms with Gasteiger partial charge in [-0.1, -0.05) is 36.8 Å². The molecule has 112 valence electrons. The largest absolute Gasteiger partial charge is 0.389 e. The number of ether oxygens (including phenoxy) is 1. The molecular weight excluding hydrogens is 250 g/mol. The number of nitrogens with zero attached hydrogens (tertiary/aromatic N) is 1. The van der Waals surface area contributed by atoms with Gasteiger partial charge in [0.2, 0.25) is 0 Å². The van der Waals surface area contributed by atoms with Crippen molar-refractivity contribution in [3.63, 3.8) is 0 Å². The van der Waals surface area contributed by atoms with Crippen molar-refractivity contribution in [2.75, 3.05) is 13.2 Å². The highest BCUT2D eigenvalue weighted by atomic mass is 16.5. The molecule has 1 aromatic carbocycles. The first kappa shape index (κ1) is 15.5. The second-order valence-corrected chi connectivity index (χ2v) is 5.98. The van der Waals surface area contributed by atoms with Crippen LogP contribution in [0.25, 0.3) is 0 Å². The van der Waals surface area contributed by atoms with Gasteiger partial charge in [-0.2, -0.15) is 0 Å². The summed E-state index contributed by atoms with van der Waals surface area (Å²) in [5.74, 6) is 0. The number of β-amino-alcohol motifs (C(OH)–C–C–N with tert-alkyl or cyclic N) is 1. The predicted molar refractivity (Wildman–Crippen MR) is 81.6 cm³/mol. The van der Waals surface area contributed by atoms with Gasteiger partial charge >= 0.3 is 0 Å². The van der Waals surface area contributed by atoms with Crippen LogP contribution >= 0.6 is 0 Å². The number of rotatable bonds is 6. The number of hydrogen-bond donors (Lipinski definition) is 1. The molecule has 1 saturated heterocycles. The lowest BCUT2D eigenvalue weighted by molar-refractivity contribution is -0.0135. The van der Waals surface area contributed by atoms with Gasteiger partial charge in [0.1, 0.15) is 0 Å². The minimum atomic E-state index is -0.401. The third kappa shape index (κ3) is 4.58. The molecule has 0 unspecified atom stereocenters. The normalized spacial score (nSPS) is 25.6. The van der Waals surface area contributed by atoms with E-state index >= 15 is 0 Å². The summed E-state index contributed by atoms with van der Waals surface area (Å²) < 4.78 is 5.62. The average Bonchev–Trinajstić information content (AvgIpc) is 2.44. The number of hydrogen-bond acceptors (Lipinski definition) is 3. The Labute approximate surface area is 122 Å². The van der Waals surface area contributed by atoms with E-state index in [-0.39, 0.29) is 0 Å². The molecular formula is C17H27NO2. The molecule has 0 aliphatic carbocycles. The summed E-state index contributed by atoms with van der Waals surface area (Å²) in [5.41, 5.74) is 1.15. The number of piperidine rings is 1. The minimum Gasteiger partial charge on any atom is -0.389 e. The van der Waals surface area contributed by atoms with Crippen molar-refractivity contribution in [2.24, 2.45) is 0 Å². The maximum atomic E-state index is 10.1. The number of aliphatic hydroxyl groups excluding tert-OH is 1. The van der Waals surface area contributed by atoms with Crippen LogP contribution < -0.4 is 0 Å². The first-order valence-corrected chi connectivity index (χ1v) is 7.72. The lowest BCUT2D eigenvalue weighted by atomic mass is 9.97. The van der Waals surface area contributed by atoms with E-state index < -0.39 is 6.10 Å². The smallest absolute Gasteiger partial charge is 0.0900 e. The van der Waals surface area contributed by atoms with Crippen LogP contribution in [-0.2, 0) is 11.3 Å². The molecule has 0 spiro atoms. The van der Waals surface area contributed by atoms with E-state index in [0.29, 0.717) is 25.3 Å². The molecule has 0 saturated carbocycles. The molecule has 0 amide bonds. The van der Waals surface area contributed by atoms with Crippen molar-refractivity contribution in [2.45, 2.75) is 57.9 Å². The monoisotopic (exact) mass is 277 g/mol. The zero-order valence-electron chi connectivity index (χ0n) is 12.7. The Bertz CT molecular complexity index is 372. The molecule has 20 heavy (non-hydrogen) atoms. The predicted octanol–water partition coefficient (Wildman–Crippen LogP) is 2.83. The number of aliphatic hydroxyl groups is 1. The van der Waals surface area contributed by atoms with Crippen molar-refractivity contribution >= 4 is 0 Å². The van der Waals surface area contributed by atoms with Crippen LogP contribution in [0.15, 0.2) is 30.3 Å². The first-order valence-electron chi connectivity index (χ1n) is 7.72. The van der Waals surface area contributed by atoms with Crippen LogP contribution in [0.3, 0.4) is 0 Å². The second-order valence-electron chi connectivity index (χ2n) is 5.98. The second kappa shape index (κ2) is 7.77. The van der Waals surface area contributed by atoms with Crippen LogP contribution in [0.4, 0.5) is 0 Å². The standard InChI is InChI=1S/C17H27NO2/c1-14-7-6-8-15(2)18(14)11-17(19)13-20-12-16-9-4-3-5-10-16/h3-5,9-10,14-15,17,19H,6-8,11-13H2,1-2H3/t14-,15+,17-/m1/s1. The Morgan fingerprint density at radius 1 is 1.20 bits per heavy atom. The summed E-state index contributed by atoms with van der Waals surface area (Å²) in [6.45, 7) is 6.21. The van der Waals surface area contributed by atoms with Crippen molar-refractivity contribution in [3.05, 3.63) is 35.9 Å². The molecule has 0 aromatic heterocycles. The first-order chi connectivity index (χ1) is 9.66. The van der Waals surface area contributed by atoms with Gasteiger partial charge in [-0.15, -0.1) is 0 Å². The van der Waals surface area contributed by atoms with Crippen LogP contribution in [-0.4, -0.2) is 41.3 Å². The Hall–Kier alpha value is -0.900. The minimum absolute atomic E-state index is 0.401. The van der Waals surface area contributed by atoms with E-state index in [1.807, 2.05) is 30.3 Å². The van der Waals surface area contributed by atoms with E-state index in [0.717, 1.165) is 12.1 Å². The molecule has 1 aromatic rings. The molecule has 1 heterocycles. The molecule has 0 bridgehead atoms. The molecule has 1 aliphatic rings. The van der Waals surface area contributed by atoms with E-state index in [2.05, 4.69) is 18.7 Å². The highest BCUT2D eigenvalue weighted by molar-refractivity contribution is 5.13. The van der Waals surface area contributed by atoms with Gasteiger partial charge in [-0.05, 0) is 32.3 Å². The van der Waals surface area contributed by atoms with Gasteiger partial charge in [-0.25, -0.2) is 0 Å². The third-order valence-corrected chi connectivity index (χ3v) is 4.22. The summed E-state index contributed by atoms with van der Waals surface area (Å²) in [5, 5.41) is 10.1. The number of benzene rings is 1. The average molecular weight is 277 g/mol.